The maximum Gasteiger partial charge on any atom is 0.499 e. The zero-order valence-electron chi connectivity index (χ0n) is 26.4. The van der Waals surface area contributed by atoms with Crippen LogP contribution in [0.15, 0.2) is 97.1 Å². The molecule has 0 saturated carbocycles. The Balaban J connectivity index is 0.000000137. The summed E-state index contributed by atoms with van der Waals surface area (Å²) < 4.78 is 5.81. The van der Waals surface area contributed by atoms with Gasteiger partial charge in [-0.1, -0.05) is 87.3 Å². The summed E-state index contributed by atoms with van der Waals surface area (Å²) in [5, 5.41) is 17.1. The summed E-state index contributed by atoms with van der Waals surface area (Å²) in [7, 11) is -1.39. The minimum absolute atomic E-state index is 0.0446. The van der Waals surface area contributed by atoms with E-state index in [0.717, 1.165) is 15.7 Å². The molecule has 0 amide bonds. The normalized spacial score (nSPS) is 14.1. The van der Waals surface area contributed by atoms with E-state index in [1.165, 1.54) is 65.7 Å². The largest absolute Gasteiger partial charge is 0.499 e. The van der Waals surface area contributed by atoms with Crippen molar-refractivity contribution in [1.29, 1.82) is 0 Å². The van der Waals surface area contributed by atoms with Gasteiger partial charge in [0.05, 0.1) is 8.67 Å². The summed E-state index contributed by atoms with van der Waals surface area (Å²) in [5.74, 6) is 0. The van der Waals surface area contributed by atoms with Crippen LogP contribution in [0.1, 0.15) is 49.9 Å². The lowest BCUT2D eigenvalue weighted by Crippen LogP contribution is -2.26. The number of fused-ring (bicyclic) bond motifs is 6. The zero-order valence-corrected chi connectivity index (χ0v) is 36.0. The smallest absolute Gasteiger partial charge is 0.423 e. The molecule has 2 aliphatic rings. The van der Waals surface area contributed by atoms with Gasteiger partial charge in [0.25, 0.3) is 0 Å². The molecule has 0 fully saturated rings. The van der Waals surface area contributed by atoms with Gasteiger partial charge < -0.3 is 10.0 Å². The Morgan fingerprint density at radius 3 is 1.27 bits per heavy atom. The fraction of sp³-hybridized carbons (Fsp3) is 0.158. The van der Waals surface area contributed by atoms with Crippen molar-refractivity contribution in [3.63, 3.8) is 0 Å². The molecule has 2 N–H and O–H groups in total. The van der Waals surface area contributed by atoms with Crippen LogP contribution in [-0.4, -0.2) is 17.2 Å². The van der Waals surface area contributed by atoms with Gasteiger partial charge in [-0.05, 0) is 179 Å². The zero-order chi connectivity index (χ0) is 34.5. The predicted molar refractivity (Wildman–Crippen MR) is 234 cm³/mol. The number of halogens is 5. The number of hydrogen-bond acceptors (Lipinski definition) is 4. The van der Waals surface area contributed by atoms with Crippen molar-refractivity contribution < 1.29 is 10.0 Å². The van der Waals surface area contributed by atoms with Gasteiger partial charge in [0.15, 0.2) is 0 Å². The first-order valence-electron chi connectivity index (χ1n) is 15.1. The Morgan fingerprint density at radius 2 is 0.917 bits per heavy atom. The van der Waals surface area contributed by atoms with Crippen molar-refractivity contribution in [3.8, 4) is 32.7 Å². The van der Waals surface area contributed by atoms with E-state index in [0.29, 0.717) is 9.11 Å². The molecule has 6 aromatic rings. The Bertz CT molecular complexity index is 2100. The third-order valence-corrected chi connectivity index (χ3v) is 13.5. The van der Waals surface area contributed by atoms with Crippen LogP contribution in [0.4, 0.5) is 0 Å². The second-order valence-electron chi connectivity index (χ2n) is 12.7. The summed E-state index contributed by atoms with van der Waals surface area (Å²) in [4.78, 5) is 1.23. The van der Waals surface area contributed by atoms with E-state index in [4.69, 9.17) is 33.2 Å². The monoisotopic (exact) mass is 1040 g/mol. The van der Waals surface area contributed by atoms with E-state index in [1.807, 2.05) is 6.07 Å². The molecule has 2 aromatic heterocycles. The van der Waals surface area contributed by atoms with E-state index in [2.05, 4.69) is 174 Å². The number of hydrogen-bond donors (Lipinski definition) is 2. The molecule has 8 rings (SSSR count). The maximum absolute atomic E-state index is 8.54. The number of benzene rings is 4. The first-order chi connectivity index (χ1) is 22.7. The van der Waals surface area contributed by atoms with Crippen molar-refractivity contribution in [3.05, 3.63) is 139 Å². The second kappa shape index (κ2) is 14.6. The van der Waals surface area contributed by atoms with Crippen molar-refractivity contribution in [2.75, 3.05) is 0 Å². The highest BCUT2D eigenvalue weighted by atomic mass is 127. The second-order valence-corrected chi connectivity index (χ2v) is 19.9. The first-order valence-corrected chi connectivity index (χ1v) is 20.7. The predicted octanol–water partition coefficient (Wildman–Crippen LogP) is 12.3. The highest BCUT2D eigenvalue weighted by Gasteiger charge is 2.36. The summed E-state index contributed by atoms with van der Waals surface area (Å²) in [6.07, 6.45) is 0. The van der Waals surface area contributed by atoms with Crippen LogP contribution < -0.4 is 4.78 Å². The Morgan fingerprint density at radius 1 is 0.521 bits per heavy atom. The van der Waals surface area contributed by atoms with Crippen LogP contribution in [0.3, 0.4) is 0 Å². The third kappa shape index (κ3) is 7.35. The molecule has 0 unspecified atom stereocenters. The average Bonchev–Trinajstić information content (AvgIpc) is 3.78. The quantitative estimate of drug-likeness (QED) is 0.134. The molecule has 2 heterocycles. The van der Waals surface area contributed by atoms with E-state index in [-0.39, 0.29) is 10.8 Å². The van der Waals surface area contributed by atoms with E-state index in [1.54, 1.807) is 23.5 Å². The third-order valence-electron chi connectivity index (χ3n) is 8.94. The molecule has 0 aliphatic heterocycles. The van der Waals surface area contributed by atoms with Crippen LogP contribution >= 0.6 is 114 Å². The molecule has 0 atom stereocenters. The van der Waals surface area contributed by atoms with Crippen LogP contribution in [0.5, 0.6) is 0 Å². The summed E-state index contributed by atoms with van der Waals surface area (Å²) in [5.41, 5.74) is 12.7. The van der Waals surface area contributed by atoms with E-state index < -0.39 is 7.12 Å². The van der Waals surface area contributed by atoms with E-state index >= 15 is 0 Å². The summed E-state index contributed by atoms with van der Waals surface area (Å²) >= 11 is 21.6. The summed E-state index contributed by atoms with van der Waals surface area (Å²) in [6.45, 7) is 9.28. The van der Waals surface area contributed by atoms with Crippen molar-refractivity contribution in [2.24, 2.45) is 0 Å². The highest BCUT2D eigenvalue weighted by molar-refractivity contribution is 14.1. The molecule has 48 heavy (non-hydrogen) atoms. The SMILES string of the molecule is CC1(C)c2cc(I)ccc2-c2ccc(-c3ccc(Cl)s3)cc21.CC1(C)c2cc(I)ccc2-c2ccc(I)cc21.OB(O)c1ccc(Cl)s1. The standard InChI is InChI=1S/C19H14ClIS.C15H12I2.C4H4BClO2S/c1-19(2)15-9-11(17-7-8-18(20)22-17)3-5-13(15)14-6-4-12(21)10-16(14)19;1-15(2)13-7-9(16)3-5-11(13)12-6-4-10(17)8-14(12)15;6-4-2-1-3(9-4)5(7)8/h3-10H,1-2H3;3-8H,1-2H3;1-2,7-8H. The van der Waals surface area contributed by atoms with Crippen LogP contribution in [0.2, 0.25) is 8.67 Å². The molecular formula is C38H30BCl2I3O2S2. The Kier molecular flexibility index (Phi) is 11.2. The first kappa shape index (κ1) is 36.8. The Hall–Kier alpha value is -0.965. The molecular weight excluding hydrogens is 1010 g/mol. The number of rotatable bonds is 2. The molecule has 0 saturated heterocycles. The van der Waals surface area contributed by atoms with Gasteiger partial charge in [0.1, 0.15) is 0 Å². The van der Waals surface area contributed by atoms with Crippen LogP contribution in [-0.2, 0) is 10.8 Å². The Labute approximate surface area is 341 Å². The van der Waals surface area contributed by atoms with Gasteiger partial charge in [-0.15, -0.1) is 22.7 Å². The lowest BCUT2D eigenvalue weighted by molar-refractivity contribution is 0.427. The topological polar surface area (TPSA) is 40.5 Å². The van der Waals surface area contributed by atoms with Crippen LogP contribution in [0.25, 0.3) is 32.7 Å². The molecule has 4 aromatic carbocycles. The van der Waals surface area contributed by atoms with Crippen molar-refractivity contribution in [2.45, 2.75) is 38.5 Å². The van der Waals surface area contributed by atoms with Gasteiger partial charge in [-0.25, -0.2) is 0 Å². The maximum atomic E-state index is 8.54. The van der Waals surface area contributed by atoms with Gasteiger partial charge >= 0.3 is 7.12 Å². The summed E-state index contributed by atoms with van der Waals surface area (Å²) in [6, 6.07) is 34.4. The molecule has 10 heteroatoms. The molecule has 0 bridgehead atoms. The lowest BCUT2D eigenvalue weighted by Gasteiger charge is -2.22. The van der Waals surface area contributed by atoms with E-state index in [9.17, 15) is 0 Å². The fourth-order valence-electron chi connectivity index (χ4n) is 6.48. The van der Waals surface area contributed by atoms with Gasteiger partial charge in [-0.2, -0.15) is 0 Å². The molecule has 0 spiro atoms. The molecule has 0 radical (unpaired) electrons. The highest BCUT2D eigenvalue weighted by Crippen LogP contribution is 2.51. The minimum atomic E-state index is -1.39. The average molecular weight is 1050 g/mol. The van der Waals surface area contributed by atoms with Gasteiger partial charge in [0.2, 0.25) is 0 Å². The molecule has 244 valence electrons. The van der Waals surface area contributed by atoms with Crippen molar-refractivity contribution in [1.82, 2.24) is 0 Å². The lowest BCUT2D eigenvalue weighted by atomic mass is 9.82. The fourth-order valence-corrected chi connectivity index (χ4v) is 9.93. The molecule has 2 nitrogen and oxygen atoms in total. The minimum Gasteiger partial charge on any atom is -0.423 e. The van der Waals surface area contributed by atoms with Gasteiger partial charge in [0, 0.05) is 31.2 Å². The number of thiophene rings is 2. The van der Waals surface area contributed by atoms with Crippen LogP contribution in [0, 0.1) is 10.7 Å². The van der Waals surface area contributed by atoms with Gasteiger partial charge in [-0.3, -0.25) is 0 Å². The van der Waals surface area contributed by atoms with Crippen molar-refractivity contribution >= 4 is 126 Å². The molecule has 2 aliphatic carbocycles.